The minimum atomic E-state index is -5.54. The number of hydrogen-bond donors (Lipinski definition) is 0. The van der Waals surface area contributed by atoms with E-state index in [1.807, 2.05) is 0 Å². The molecule has 0 aromatic heterocycles. The fraction of sp³-hybridized carbons (Fsp3) is 1.00. The summed E-state index contributed by atoms with van der Waals surface area (Å²) in [6.07, 6.45) is -11.1. The fourth-order valence-corrected chi connectivity index (χ4v) is 11.1. The van der Waals surface area contributed by atoms with E-state index in [1.165, 1.54) is 64.0 Å². The van der Waals surface area contributed by atoms with Crippen molar-refractivity contribution in [3.05, 3.63) is 0 Å². The number of alkyl halides is 8. The number of rotatable bonds is 35. The Bertz CT molecular complexity index is 906. The molecule has 0 aliphatic rings. The second-order valence-corrected chi connectivity index (χ2v) is 21.9. The van der Waals surface area contributed by atoms with Crippen LogP contribution < -0.4 is 0 Å². The lowest BCUT2D eigenvalue weighted by molar-refractivity contribution is -0.518. The molecule has 0 amide bonds. The van der Waals surface area contributed by atoms with Gasteiger partial charge in [0.1, 0.15) is 19.8 Å². The van der Waals surface area contributed by atoms with Gasteiger partial charge in [0, 0.05) is 95.7 Å². The van der Waals surface area contributed by atoms with E-state index in [0.717, 1.165) is 0 Å². The van der Waals surface area contributed by atoms with Crippen molar-refractivity contribution >= 4 is 26.4 Å². The maximum Gasteiger partial charge on any atom is 0.500 e. The van der Waals surface area contributed by atoms with Gasteiger partial charge in [0.15, 0.2) is 0 Å². The van der Waals surface area contributed by atoms with Crippen LogP contribution in [0.25, 0.3) is 0 Å². The Balaban J connectivity index is 5.94. The first-order chi connectivity index (χ1) is 25.0. The molecule has 0 saturated carbocycles. The van der Waals surface area contributed by atoms with Crippen molar-refractivity contribution < 1.29 is 93.9 Å². The predicted molar refractivity (Wildman–Crippen MR) is 183 cm³/mol. The summed E-state index contributed by atoms with van der Waals surface area (Å²) >= 11 is 0. The van der Waals surface area contributed by atoms with Crippen LogP contribution in [0.3, 0.4) is 0 Å². The van der Waals surface area contributed by atoms with Crippen molar-refractivity contribution in [2.45, 2.75) is 101 Å². The predicted octanol–water partition coefficient (Wildman–Crippen LogP) is 7.19. The molecule has 54 heavy (non-hydrogen) atoms. The summed E-state index contributed by atoms with van der Waals surface area (Å²) < 4.78 is 175. The molecule has 0 aliphatic carbocycles. The molecule has 0 fully saturated rings. The van der Waals surface area contributed by atoms with Gasteiger partial charge in [-0.05, 0) is 56.8 Å². The molecule has 0 radical (unpaired) electrons. The summed E-state index contributed by atoms with van der Waals surface area (Å²) in [5, 5.41) is 0. The highest BCUT2D eigenvalue weighted by atomic mass is 28.4. The van der Waals surface area contributed by atoms with Gasteiger partial charge in [-0.3, -0.25) is 0 Å². The van der Waals surface area contributed by atoms with Gasteiger partial charge in [-0.15, -0.1) is 8.78 Å². The van der Waals surface area contributed by atoms with E-state index < -0.39 is 76.1 Å². The molecular formula is C30H60F8O13Si3. The van der Waals surface area contributed by atoms with Crippen LogP contribution in [0.1, 0.15) is 58.3 Å². The molecule has 0 aromatic rings. The lowest BCUT2D eigenvalue weighted by atomic mass is 9.72. The van der Waals surface area contributed by atoms with Gasteiger partial charge in [-0.25, -0.2) is 18.3 Å². The highest BCUT2D eigenvalue weighted by Crippen LogP contribution is 2.43. The topological polar surface area (TPSA) is 120 Å². The second kappa shape index (κ2) is 24.5. The SMILES string of the molecule is CO[Si](CCCC(CCCOCC(F)(F)OC(F)(F)OC(F)(F)COCC(C)(F)F)(CCC[Si](OC)(OC)OC)CCC[Si](OC)(OC)OC)(OC)OC. The minimum absolute atomic E-state index is 0.171. The van der Waals surface area contributed by atoms with Crippen LogP contribution in [0, 0.1) is 5.41 Å². The highest BCUT2D eigenvalue weighted by molar-refractivity contribution is 6.61. The molecule has 0 spiro atoms. The zero-order valence-corrected chi connectivity index (χ0v) is 35.9. The first-order valence-electron chi connectivity index (χ1n) is 17.0. The van der Waals surface area contributed by atoms with Gasteiger partial charge in [-0.2, -0.15) is 17.6 Å². The van der Waals surface area contributed by atoms with Crippen molar-refractivity contribution in [2.75, 3.05) is 90.4 Å². The van der Waals surface area contributed by atoms with Crippen molar-refractivity contribution in [3.63, 3.8) is 0 Å². The van der Waals surface area contributed by atoms with Crippen molar-refractivity contribution in [2.24, 2.45) is 5.41 Å². The van der Waals surface area contributed by atoms with Gasteiger partial charge in [0.2, 0.25) is 0 Å². The lowest BCUT2D eigenvalue weighted by Crippen LogP contribution is -2.44. The number of halogens is 8. The second-order valence-electron chi connectivity index (χ2n) is 12.6. The summed E-state index contributed by atoms with van der Waals surface area (Å²) in [4.78, 5) is 0. The molecule has 326 valence electrons. The highest BCUT2D eigenvalue weighted by Gasteiger charge is 2.53. The molecule has 0 heterocycles. The van der Waals surface area contributed by atoms with Gasteiger partial charge in [0.25, 0.3) is 5.92 Å². The van der Waals surface area contributed by atoms with E-state index in [2.05, 4.69) is 14.2 Å². The zero-order valence-electron chi connectivity index (χ0n) is 32.9. The molecule has 0 saturated heterocycles. The molecular weight excluding hydrogens is 805 g/mol. The van der Waals surface area contributed by atoms with E-state index in [9.17, 15) is 35.1 Å². The lowest BCUT2D eigenvalue weighted by Gasteiger charge is -2.37. The minimum Gasteiger partial charge on any atom is -0.377 e. The van der Waals surface area contributed by atoms with Crippen molar-refractivity contribution in [1.29, 1.82) is 0 Å². The maximum absolute atomic E-state index is 14.3. The van der Waals surface area contributed by atoms with Gasteiger partial charge in [-0.1, -0.05) is 0 Å². The average Bonchev–Trinajstić information content (AvgIpc) is 3.09. The standard InChI is InChI=1S/C30H60F8O13Si3/c1-26(31,32)23-49-25-29(35,36)51-30(37,38)50-28(33,34)24-48-19-11-15-27(16-12-20-52(39-2,40-3)41-4,17-13-21-53(42-5,43-6)44-7)18-14-22-54(45-8,46-9)47-10/h11-25H2,1-10H3. The molecule has 0 rings (SSSR count). The van der Waals surface area contributed by atoms with Crippen LogP contribution in [0.2, 0.25) is 18.1 Å². The van der Waals surface area contributed by atoms with Gasteiger partial charge >= 0.3 is 44.9 Å². The van der Waals surface area contributed by atoms with Crippen LogP contribution >= 0.6 is 0 Å². The third-order valence-corrected chi connectivity index (χ3v) is 17.3. The monoisotopic (exact) mass is 864 g/mol. The van der Waals surface area contributed by atoms with E-state index in [1.54, 1.807) is 0 Å². The van der Waals surface area contributed by atoms with Gasteiger partial charge < -0.3 is 49.3 Å². The third-order valence-electron chi connectivity index (χ3n) is 8.80. The van der Waals surface area contributed by atoms with E-state index in [4.69, 9.17) is 44.6 Å². The summed E-state index contributed by atoms with van der Waals surface area (Å²) in [6, 6.07) is 1.39. The van der Waals surface area contributed by atoms with Crippen LogP contribution in [-0.2, 0) is 58.8 Å². The number of hydrogen-bond acceptors (Lipinski definition) is 13. The smallest absolute Gasteiger partial charge is 0.377 e. The average molecular weight is 865 g/mol. The molecule has 0 aliphatic heterocycles. The molecule has 24 heteroatoms. The van der Waals surface area contributed by atoms with E-state index in [-0.39, 0.29) is 13.0 Å². The molecule has 0 aromatic carbocycles. The Hall–Kier alpha value is -0.429. The van der Waals surface area contributed by atoms with Gasteiger partial charge in [0.05, 0.1) is 0 Å². The van der Waals surface area contributed by atoms with Crippen LogP contribution in [0.15, 0.2) is 0 Å². The summed E-state index contributed by atoms with van der Waals surface area (Å²) in [7, 11) is 4.56. The van der Waals surface area contributed by atoms with Crippen LogP contribution in [-0.4, -0.2) is 141 Å². The largest absolute Gasteiger partial charge is 0.500 e. The quantitative estimate of drug-likeness (QED) is 0.0277. The van der Waals surface area contributed by atoms with Crippen molar-refractivity contribution in [3.8, 4) is 0 Å². The first-order valence-corrected chi connectivity index (χ1v) is 22.8. The Morgan fingerprint density at radius 2 is 0.704 bits per heavy atom. The van der Waals surface area contributed by atoms with Crippen LogP contribution in [0.5, 0.6) is 0 Å². The first kappa shape index (κ1) is 53.6. The Morgan fingerprint density at radius 1 is 0.407 bits per heavy atom. The number of ether oxygens (including phenoxy) is 4. The molecule has 0 unspecified atom stereocenters. The normalized spacial score (nSPS) is 14.3. The van der Waals surface area contributed by atoms with Crippen molar-refractivity contribution in [1.82, 2.24) is 0 Å². The Labute approximate surface area is 316 Å². The third kappa shape index (κ3) is 20.3. The summed E-state index contributed by atoms with van der Waals surface area (Å²) in [6.45, 7) is -5.37. The molecule has 0 bridgehead atoms. The van der Waals surface area contributed by atoms with E-state index in [0.29, 0.717) is 70.0 Å². The summed E-state index contributed by atoms with van der Waals surface area (Å²) in [5.74, 6) is -3.55. The maximum atomic E-state index is 14.3. The molecule has 0 N–H and O–H groups in total. The Morgan fingerprint density at radius 3 is 1.00 bits per heavy atom. The molecule has 13 nitrogen and oxygen atoms in total. The summed E-state index contributed by atoms with van der Waals surface area (Å²) in [5.41, 5.74) is -0.473. The van der Waals surface area contributed by atoms with E-state index >= 15 is 0 Å². The fourth-order valence-electron chi connectivity index (χ4n) is 5.97. The Kier molecular flexibility index (Phi) is 24.3. The molecule has 0 atom stereocenters. The zero-order chi connectivity index (χ0) is 41.8. The van der Waals surface area contributed by atoms with Crippen LogP contribution in [0.4, 0.5) is 35.1 Å².